The lowest BCUT2D eigenvalue weighted by molar-refractivity contribution is -0.115. The highest BCUT2D eigenvalue weighted by atomic mass is 32.2. The van der Waals surface area contributed by atoms with Gasteiger partial charge in [-0.3, -0.25) is 9.89 Å². The van der Waals surface area contributed by atoms with Crippen LogP contribution in [-0.4, -0.2) is 21.1 Å². The molecule has 128 valence electrons. The molecule has 3 rings (SSSR count). The highest BCUT2D eigenvalue weighted by Gasteiger charge is 2.24. The zero-order valence-electron chi connectivity index (χ0n) is 14.2. The third kappa shape index (κ3) is 4.48. The molecule has 0 fully saturated rings. The number of carbonyl (C=O) groups is 1. The molecule has 1 unspecified atom stereocenters. The molecule has 0 aliphatic rings. The van der Waals surface area contributed by atoms with Gasteiger partial charge in [0.1, 0.15) is 11.1 Å². The summed E-state index contributed by atoms with van der Waals surface area (Å²) in [6, 6.07) is 17.4. The van der Waals surface area contributed by atoms with Crippen molar-refractivity contribution in [3.05, 3.63) is 71.5 Å². The topological polar surface area (TPSA) is 70.7 Å². The largest absolute Gasteiger partial charge is 0.325 e. The maximum atomic E-state index is 12.9. The van der Waals surface area contributed by atoms with Gasteiger partial charge in [-0.2, -0.15) is 0 Å². The number of anilines is 1. The fourth-order valence-corrected chi connectivity index (χ4v) is 3.27. The van der Waals surface area contributed by atoms with Crippen LogP contribution in [0.4, 0.5) is 5.69 Å². The van der Waals surface area contributed by atoms with Gasteiger partial charge < -0.3 is 5.32 Å². The van der Waals surface area contributed by atoms with E-state index in [2.05, 4.69) is 20.5 Å². The minimum absolute atomic E-state index is 0.0945. The standard InChI is InChI=1S/C19H20N4OS/c1-3-16-21-19(23-22-16)25-17(14-7-5-4-6-8-14)18(24)20-15-11-9-13(2)10-12-15/h4-12,17H,3H2,1-2H3,(H,20,24)(H,21,22,23). The number of aryl methyl sites for hydroxylation is 2. The third-order valence-electron chi connectivity index (χ3n) is 3.73. The van der Waals surface area contributed by atoms with Crippen LogP contribution < -0.4 is 5.32 Å². The average Bonchev–Trinajstić information content (AvgIpc) is 3.10. The number of nitrogens with one attached hydrogen (secondary N) is 2. The second kappa shape index (κ2) is 7.98. The summed E-state index contributed by atoms with van der Waals surface area (Å²) in [5.41, 5.74) is 2.85. The summed E-state index contributed by atoms with van der Waals surface area (Å²) >= 11 is 1.34. The molecule has 0 radical (unpaired) electrons. The van der Waals surface area contributed by atoms with E-state index in [1.165, 1.54) is 11.8 Å². The molecule has 0 bridgehead atoms. The monoisotopic (exact) mass is 352 g/mol. The number of carbonyl (C=O) groups excluding carboxylic acids is 1. The first-order chi connectivity index (χ1) is 12.2. The number of aromatic nitrogens is 3. The Morgan fingerprint density at radius 3 is 2.52 bits per heavy atom. The molecule has 1 aromatic heterocycles. The van der Waals surface area contributed by atoms with Crippen LogP contribution in [0.3, 0.4) is 0 Å². The number of aromatic amines is 1. The van der Waals surface area contributed by atoms with Crippen LogP contribution in [0, 0.1) is 6.92 Å². The van der Waals surface area contributed by atoms with Crippen LogP contribution in [0.1, 0.15) is 29.1 Å². The van der Waals surface area contributed by atoms with E-state index in [-0.39, 0.29) is 5.91 Å². The Kier molecular flexibility index (Phi) is 5.50. The quantitative estimate of drug-likeness (QED) is 0.654. The summed E-state index contributed by atoms with van der Waals surface area (Å²) in [5, 5.41) is 10.2. The minimum atomic E-state index is -0.428. The first-order valence-corrected chi connectivity index (χ1v) is 9.04. The normalized spacial score (nSPS) is 11.9. The molecule has 0 aliphatic heterocycles. The van der Waals surface area contributed by atoms with E-state index in [0.717, 1.165) is 29.1 Å². The van der Waals surface area contributed by atoms with E-state index in [1.807, 2.05) is 68.4 Å². The van der Waals surface area contributed by atoms with Crippen LogP contribution in [0.25, 0.3) is 0 Å². The second-order valence-electron chi connectivity index (χ2n) is 5.68. The van der Waals surface area contributed by atoms with Crippen molar-refractivity contribution in [3.8, 4) is 0 Å². The van der Waals surface area contributed by atoms with Crippen molar-refractivity contribution < 1.29 is 4.79 Å². The van der Waals surface area contributed by atoms with Crippen LogP contribution >= 0.6 is 11.8 Å². The molecule has 0 spiro atoms. The number of nitrogens with zero attached hydrogens (tertiary/aromatic N) is 2. The number of thioether (sulfide) groups is 1. The summed E-state index contributed by atoms with van der Waals surface area (Å²) in [5.74, 6) is 0.719. The van der Waals surface area contributed by atoms with Crippen LogP contribution in [-0.2, 0) is 11.2 Å². The van der Waals surface area contributed by atoms with Gasteiger partial charge in [0.2, 0.25) is 11.1 Å². The van der Waals surface area contributed by atoms with E-state index in [4.69, 9.17) is 0 Å². The molecule has 6 heteroatoms. The minimum Gasteiger partial charge on any atom is -0.325 e. The van der Waals surface area contributed by atoms with Gasteiger partial charge in [-0.05, 0) is 24.6 Å². The van der Waals surface area contributed by atoms with Crippen molar-refractivity contribution in [2.24, 2.45) is 0 Å². The number of hydrogen-bond acceptors (Lipinski definition) is 4. The van der Waals surface area contributed by atoms with Gasteiger partial charge >= 0.3 is 0 Å². The molecule has 1 amide bonds. The first-order valence-electron chi connectivity index (χ1n) is 8.16. The lowest BCUT2D eigenvalue weighted by atomic mass is 10.1. The second-order valence-corrected chi connectivity index (χ2v) is 6.75. The number of H-pyrrole nitrogens is 1. The van der Waals surface area contributed by atoms with Crippen molar-refractivity contribution in [3.63, 3.8) is 0 Å². The Labute approximate surface area is 151 Å². The highest BCUT2D eigenvalue weighted by molar-refractivity contribution is 8.00. The van der Waals surface area contributed by atoms with Crippen molar-refractivity contribution in [2.45, 2.75) is 30.7 Å². The molecular formula is C19H20N4OS. The first kappa shape index (κ1) is 17.2. The Hall–Kier alpha value is -2.60. The van der Waals surface area contributed by atoms with E-state index in [1.54, 1.807) is 0 Å². The van der Waals surface area contributed by atoms with E-state index in [0.29, 0.717) is 5.16 Å². The van der Waals surface area contributed by atoms with Gasteiger partial charge in [-0.15, -0.1) is 5.10 Å². The van der Waals surface area contributed by atoms with Gasteiger partial charge in [-0.1, -0.05) is 66.7 Å². The molecular weight excluding hydrogens is 332 g/mol. The molecule has 0 saturated heterocycles. The van der Waals surface area contributed by atoms with Crippen molar-refractivity contribution in [2.75, 3.05) is 5.32 Å². The zero-order chi connectivity index (χ0) is 17.6. The van der Waals surface area contributed by atoms with Gasteiger partial charge in [0.05, 0.1) is 0 Å². The van der Waals surface area contributed by atoms with Gasteiger partial charge in [0.25, 0.3) is 0 Å². The van der Waals surface area contributed by atoms with Crippen molar-refractivity contribution >= 4 is 23.4 Å². The summed E-state index contributed by atoms with van der Waals surface area (Å²) in [4.78, 5) is 17.3. The summed E-state index contributed by atoms with van der Waals surface area (Å²) in [6.45, 7) is 4.02. The highest BCUT2D eigenvalue weighted by Crippen LogP contribution is 2.34. The Morgan fingerprint density at radius 2 is 1.88 bits per heavy atom. The van der Waals surface area contributed by atoms with Gasteiger partial charge in [0.15, 0.2) is 0 Å². The number of benzene rings is 2. The number of hydrogen-bond donors (Lipinski definition) is 2. The van der Waals surface area contributed by atoms with Gasteiger partial charge in [0, 0.05) is 12.1 Å². The maximum Gasteiger partial charge on any atom is 0.242 e. The average molecular weight is 352 g/mol. The van der Waals surface area contributed by atoms with Crippen LogP contribution in [0.2, 0.25) is 0 Å². The SMILES string of the molecule is CCc1nc(SC(C(=O)Nc2ccc(C)cc2)c2ccccc2)n[nH]1. The fourth-order valence-electron chi connectivity index (χ4n) is 2.34. The molecule has 5 nitrogen and oxygen atoms in total. The maximum absolute atomic E-state index is 12.9. The van der Waals surface area contributed by atoms with Crippen LogP contribution in [0.5, 0.6) is 0 Å². The molecule has 3 aromatic rings. The van der Waals surface area contributed by atoms with Crippen LogP contribution in [0.15, 0.2) is 59.8 Å². The Morgan fingerprint density at radius 1 is 1.16 bits per heavy atom. The summed E-state index contributed by atoms with van der Waals surface area (Å²) in [7, 11) is 0. The number of rotatable bonds is 6. The molecule has 2 aromatic carbocycles. The fraction of sp³-hybridized carbons (Fsp3) is 0.211. The summed E-state index contributed by atoms with van der Waals surface area (Å²) < 4.78 is 0. The van der Waals surface area contributed by atoms with E-state index in [9.17, 15) is 4.79 Å². The smallest absolute Gasteiger partial charge is 0.242 e. The predicted octanol–water partition coefficient (Wildman–Crippen LogP) is 4.15. The van der Waals surface area contributed by atoms with Crippen molar-refractivity contribution in [1.82, 2.24) is 15.2 Å². The molecule has 1 atom stereocenters. The zero-order valence-corrected chi connectivity index (χ0v) is 15.0. The molecule has 25 heavy (non-hydrogen) atoms. The molecule has 1 heterocycles. The van der Waals surface area contributed by atoms with Gasteiger partial charge in [-0.25, -0.2) is 4.98 Å². The van der Waals surface area contributed by atoms with E-state index >= 15 is 0 Å². The van der Waals surface area contributed by atoms with Crippen molar-refractivity contribution in [1.29, 1.82) is 0 Å². The third-order valence-corrected chi connectivity index (χ3v) is 4.84. The summed E-state index contributed by atoms with van der Waals surface area (Å²) in [6.07, 6.45) is 0.777. The lowest BCUT2D eigenvalue weighted by Gasteiger charge is -2.15. The number of amides is 1. The Balaban J connectivity index is 1.82. The molecule has 0 aliphatic carbocycles. The molecule has 0 saturated carbocycles. The lowest BCUT2D eigenvalue weighted by Crippen LogP contribution is -2.19. The molecule has 2 N–H and O–H groups in total. The Bertz CT molecular complexity index is 830. The van der Waals surface area contributed by atoms with E-state index < -0.39 is 5.25 Å². The predicted molar refractivity (Wildman–Crippen MR) is 101 cm³/mol.